The van der Waals surface area contributed by atoms with Crippen LogP contribution < -0.4 is 5.32 Å². The van der Waals surface area contributed by atoms with Crippen LogP contribution in [0.3, 0.4) is 0 Å². The number of nitrogens with one attached hydrogen (secondary N) is 1. The number of nitrogens with zero attached hydrogens (tertiary/aromatic N) is 1. The van der Waals surface area contributed by atoms with Crippen molar-refractivity contribution in [3.8, 4) is 0 Å². The lowest BCUT2D eigenvalue weighted by atomic mass is 9.95. The van der Waals surface area contributed by atoms with Gasteiger partial charge in [0.15, 0.2) is 0 Å². The summed E-state index contributed by atoms with van der Waals surface area (Å²) in [5.74, 6) is -0.0662. The van der Waals surface area contributed by atoms with E-state index in [-0.39, 0.29) is 30.2 Å². The molecule has 1 saturated carbocycles. The van der Waals surface area contributed by atoms with Crippen molar-refractivity contribution in [3.05, 3.63) is 69.5 Å². The molecular formula is C25H29Cl2FN2O2S. The first-order valence-corrected chi connectivity index (χ1v) is 13.1. The molecule has 2 aromatic rings. The highest BCUT2D eigenvalue weighted by atomic mass is 35.5. The SMILES string of the molecule is CC(C(=O)NC1CCCCC1)N(Cc1ccccc1F)C(=O)CSCc1ccc(Cl)c(Cl)c1. The number of carbonyl (C=O) groups is 2. The summed E-state index contributed by atoms with van der Waals surface area (Å²) in [6, 6.07) is 11.1. The fourth-order valence-corrected chi connectivity index (χ4v) is 5.11. The summed E-state index contributed by atoms with van der Waals surface area (Å²) in [6.45, 7) is 1.75. The summed E-state index contributed by atoms with van der Waals surface area (Å²) < 4.78 is 14.3. The Kier molecular flexibility index (Phi) is 9.90. The molecule has 0 saturated heterocycles. The maximum Gasteiger partial charge on any atom is 0.242 e. The van der Waals surface area contributed by atoms with Gasteiger partial charge in [-0.05, 0) is 43.5 Å². The zero-order chi connectivity index (χ0) is 23.8. The van der Waals surface area contributed by atoms with E-state index in [1.807, 2.05) is 6.07 Å². The number of amides is 2. The zero-order valence-electron chi connectivity index (χ0n) is 18.7. The maximum absolute atomic E-state index is 14.3. The van der Waals surface area contributed by atoms with Crippen LogP contribution in [0.15, 0.2) is 42.5 Å². The third-order valence-corrected chi connectivity index (χ3v) is 7.62. The lowest BCUT2D eigenvalue weighted by Crippen LogP contribution is -2.51. The first kappa shape index (κ1) is 25.9. The summed E-state index contributed by atoms with van der Waals surface area (Å²) in [5, 5.41) is 4.04. The van der Waals surface area contributed by atoms with Crippen LogP contribution in [-0.2, 0) is 21.9 Å². The second-order valence-electron chi connectivity index (χ2n) is 8.37. The van der Waals surface area contributed by atoms with Crippen LogP contribution >= 0.6 is 35.0 Å². The van der Waals surface area contributed by atoms with Crippen LogP contribution in [0, 0.1) is 5.82 Å². The quantitative estimate of drug-likeness (QED) is 0.434. The van der Waals surface area contributed by atoms with E-state index in [1.165, 1.54) is 29.1 Å². The van der Waals surface area contributed by atoms with Crippen molar-refractivity contribution in [1.29, 1.82) is 0 Å². The van der Waals surface area contributed by atoms with E-state index < -0.39 is 11.9 Å². The Morgan fingerprint density at radius 3 is 2.55 bits per heavy atom. The average molecular weight is 511 g/mol. The molecule has 178 valence electrons. The lowest BCUT2D eigenvalue weighted by Gasteiger charge is -2.31. The molecule has 33 heavy (non-hydrogen) atoms. The molecule has 1 atom stereocenters. The van der Waals surface area contributed by atoms with E-state index in [9.17, 15) is 14.0 Å². The molecule has 1 aliphatic rings. The number of hydrogen-bond acceptors (Lipinski definition) is 3. The summed E-state index contributed by atoms with van der Waals surface area (Å²) in [6.07, 6.45) is 5.30. The number of benzene rings is 2. The highest BCUT2D eigenvalue weighted by Crippen LogP contribution is 2.25. The second-order valence-corrected chi connectivity index (χ2v) is 10.2. The number of halogens is 3. The molecule has 0 aromatic heterocycles. The van der Waals surface area contributed by atoms with Crippen molar-refractivity contribution in [2.45, 2.75) is 63.4 Å². The first-order chi connectivity index (χ1) is 15.8. The summed E-state index contributed by atoms with van der Waals surface area (Å²) in [4.78, 5) is 27.6. The van der Waals surface area contributed by atoms with E-state index in [1.54, 1.807) is 37.3 Å². The van der Waals surface area contributed by atoms with E-state index in [2.05, 4.69) is 5.32 Å². The predicted molar refractivity (Wildman–Crippen MR) is 134 cm³/mol. The molecule has 0 bridgehead atoms. The van der Waals surface area contributed by atoms with Gasteiger partial charge in [-0.3, -0.25) is 9.59 Å². The van der Waals surface area contributed by atoms with Gasteiger partial charge in [-0.1, -0.05) is 66.7 Å². The number of carbonyl (C=O) groups excluding carboxylic acids is 2. The Morgan fingerprint density at radius 2 is 1.85 bits per heavy atom. The summed E-state index contributed by atoms with van der Waals surface area (Å²) in [7, 11) is 0. The van der Waals surface area contributed by atoms with Crippen molar-refractivity contribution < 1.29 is 14.0 Å². The van der Waals surface area contributed by atoms with Gasteiger partial charge in [0.1, 0.15) is 11.9 Å². The van der Waals surface area contributed by atoms with Gasteiger partial charge >= 0.3 is 0 Å². The highest BCUT2D eigenvalue weighted by molar-refractivity contribution is 7.99. The van der Waals surface area contributed by atoms with Crippen LogP contribution in [0.4, 0.5) is 4.39 Å². The van der Waals surface area contributed by atoms with Crippen molar-refractivity contribution in [2.24, 2.45) is 0 Å². The third kappa shape index (κ3) is 7.62. The van der Waals surface area contributed by atoms with Crippen molar-refractivity contribution >= 4 is 46.8 Å². The van der Waals surface area contributed by atoms with E-state index in [0.717, 1.165) is 31.2 Å². The molecule has 8 heteroatoms. The molecule has 1 aliphatic carbocycles. The van der Waals surface area contributed by atoms with Gasteiger partial charge < -0.3 is 10.2 Å². The van der Waals surface area contributed by atoms with Crippen molar-refractivity contribution in [3.63, 3.8) is 0 Å². The van der Waals surface area contributed by atoms with Crippen LogP contribution in [0.2, 0.25) is 10.0 Å². The summed E-state index contributed by atoms with van der Waals surface area (Å²) >= 11 is 13.5. The minimum absolute atomic E-state index is 0.0398. The molecule has 1 unspecified atom stereocenters. The van der Waals surface area contributed by atoms with Crippen LogP contribution in [-0.4, -0.2) is 34.6 Å². The molecule has 1 fully saturated rings. The predicted octanol–water partition coefficient (Wildman–Crippen LogP) is 6.23. The normalized spacial score (nSPS) is 15.2. The number of thioether (sulfide) groups is 1. The molecule has 4 nitrogen and oxygen atoms in total. The van der Waals surface area contributed by atoms with Crippen molar-refractivity contribution in [1.82, 2.24) is 10.2 Å². The Bertz CT molecular complexity index is 969. The Hall–Kier alpha value is -1.76. The minimum atomic E-state index is -0.704. The molecular weight excluding hydrogens is 482 g/mol. The van der Waals surface area contributed by atoms with E-state index in [4.69, 9.17) is 23.2 Å². The number of hydrogen-bond donors (Lipinski definition) is 1. The Balaban J connectivity index is 1.66. The molecule has 2 amide bonds. The second kappa shape index (κ2) is 12.6. The van der Waals surface area contributed by atoms with Gasteiger partial charge in [0.2, 0.25) is 11.8 Å². The van der Waals surface area contributed by atoms with Crippen LogP contribution in [0.25, 0.3) is 0 Å². The molecule has 1 N–H and O–H groups in total. The van der Waals surface area contributed by atoms with E-state index in [0.29, 0.717) is 21.4 Å². The largest absolute Gasteiger partial charge is 0.352 e. The molecule has 0 aliphatic heterocycles. The lowest BCUT2D eigenvalue weighted by molar-refractivity contribution is -0.139. The van der Waals surface area contributed by atoms with Gasteiger partial charge in [-0.2, -0.15) is 0 Å². The van der Waals surface area contributed by atoms with Gasteiger partial charge in [0.25, 0.3) is 0 Å². The highest BCUT2D eigenvalue weighted by Gasteiger charge is 2.28. The standard InChI is InChI=1S/C25H29Cl2FN2O2S/c1-17(25(32)29-20-8-3-2-4-9-20)30(14-19-7-5-6-10-23(19)28)24(31)16-33-15-18-11-12-21(26)22(27)13-18/h5-7,10-13,17,20H,2-4,8-9,14-16H2,1H3,(H,29,32). The molecule has 3 rings (SSSR count). The molecule has 2 aromatic carbocycles. The Labute approximate surface area is 209 Å². The van der Waals surface area contributed by atoms with Gasteiger partial charge in [0, 0.05) is 23.9 Å². The average Bonchev–Trinajstić information content (AvgIpc) is 2.81. The third-order valence-electron chi connectivity index (χ3n) is 5.90. The summed E-state index contributed by atoms with van der Waals surface area (Å²) in [5.41, 5.74) is 1.34. The fraction of sp³-hybridized carbons (Fsp3) is 0.440. The van der Waals surface area contributed by atoms with Gasteiger partial charge in [-0.25, -0.2) is 4.39 Å². The van der Waals surface area contributed by atoms with Gasteiger partial charge in [-0.15, -0.1) is 11.8 Å². The number of rotatable bonds is 9. The molecule has 0 spiro atoms. The molecule has 0 heterocycles. The topological polar surface area (TPSA) is 49.4 Å². The van der Waals surface area contributed by atoms with Crippen molar-refractivity contribution in [2.75, 3.05) is 5.75 Å². The van der Waals surface area contributed by atoms with E-state index >= 15 is 0 Å². The van der Waals surface area contributed by atoms with Crippen LogP contribution in [0.1, 0.15) is 50.2 Å². The minimum Gasteiger partial charge on any atom is -0.352 e. The van der Waals surface area contributed by atoms with Gasteiger partial charge in [0.05, 0.1) is 15.8 Å². The zero-order valence-corrected chi connectivity index (χ0v) is 21.0. The maximum atomic E-state index is 14.3. The Morgan fingerprint density at radius 1 is 1.12 bits per heavy atom. The smallest absolute Gasteiger partial charge is 0.242 e. The van der Waals surface area contributed by atoms with Crippen LogP contribution in [0.5, 0.6) is 0 Å². The molecule has 0 radical (unpaired) electrons. The first-order valence-electron chi connectivity index (χ1n) is 11.2. The monoisotopic (exact) mass is 510 g/mol. The fourth-order valence-electron chi connectivity index (χ4n) is 3.93.